The van der Waals surface area contributed by atoms with Crippen LogP contribution in [0.5, 0.6) is 0 Å². The van der Waals surface area contributed by atoms with E-state index in [0.29, 0.717) is 6.42 Å². The van der Waals surface area contributed by atoms with Gasteiger partial charge in [0, 0.05) is 18.1 Å². The van der Waals surface area contributed by atoms with Crippen molar-refractivity contribution in [3.05, 3.63) is 35.4 Å². The van der Waals surface area contributed by atoms with Crippen molar-refractivity contribution in [1.29, 1.82) is 0 Å². The van der Waals surface area contributed by atoms with Gasteiger partial charge in [0.1, 0.15) is 9.84 Å². The molecule has 1 atom stereocenters. The quantitative estimate of drug-likeness (QED) is 0.846. The largest absolute Gasteiger partial charge is 0.313 e. The third-order valence-electron chi connectivity index (χ3n) is 2.80. The molecule has 1 aromatic carbocycles. The molecule has 1 unspecified atom stereocenters. The van der Waals surface area contributed by atoms with Gasteiger partial charge < -0.3 is 5.32 Å². The van der Waals surface area contributed by atoms with E-state index in [1.54, 1.807) is 0 Å². The first-order valence-corrected chi connectivity index (χ1v) is 7.90. The van der Waals surface area contributed by atoms with Crippen molar-refractivity contribution in [2.75, 3.05) is 19.1 Å². The van der Waals surface area contributed by atoms with Crippen LogP contribution in [0.3, 0.4) is 0 Å². The van der Waals surface area contributed by atoms with Crippen molar-refractivity contribution in [1.82, 2.24) is 5.32 Å². The van der Waals surface area contributed by atoms with E-state index < -0.39 is 9.84 Å². The van der Waals surface area contributed by atoms with Crippen LogP contribution in [0.15, 0.2) is 24.3 Å². The second kappa shape index (κ2) is 6.17. The second-order valence-electron chi connectivity index (χ2n) is 4.53. The van der Waals surface area contributed by atoms with Crippen LogP contribution < -0.4 is 5.32 Å². The smallest absolute Gasteiger partial charge is 0.147 e. The normalized spacial score (nSPS) is 13.6. The van der Waals surface area contributed by atoms with Crippen molar-refractivity contribution in [3.63, 3.8) is 0 Å². The summed E-state index contributed by atoms with van der Waals surface area (Å²) in [6.07, 6.45) is 2.82. The zero-order valence-corrected chi connectivity index (χ0v) is 11.5. The monoisotopic (exact) mass is 255 g/mol. The summed E-state index contributed by atoms with van der Waals surface area (Å²) in [5, 5.41) is 3.24. The van der Waals surface area contributed by atoms with Gasteiger partial charge in [0.05, 0.1) is 0 Å². The fraction of sp³-hybridized carbons (Fsp3) is 0.538. The number of hydrogen-bond donors (Lipinski definition) is 1. The van der Waals surface area contributed by atoms with Gasteiger partial charge in [-0.25, -0.2) is 8.42 Å². The van der Waals surface area contributed by atoms with E-state index in [9.17, 15) is 8.42 Å². The highest BCUT2D eigenvalue weighted by Gasteiger charge is 2.10. The predicted octanol–water partition coefficient (Wildman–Crippen LogP) is 2.08. The summed E-state index contributed by atoms with van der Waals surface area (Å²) >= 11 is 0. The average molecular weight is 255 g/mol. The molecule has 0 radical (unpaired) electrons. The lowest BCUT2D eigenvalue weighted by atomic mass is 10.0. The summed E-state index contributed by atoms with van der Waals surface area (Å²) in [5.74, 6) is 0.261. The summed E-state index contributed by atoms with van der Waals surface area (Å²) in [6.45, 7) is 2.06. The minimum absolute atomic E-state index is 0.233. The van der Waals surface area contributed by atoms with Gasteiger partial charge in [0.25, 0.3) is 0 Å². The number of rotatable bonds is 6. The van der Waals surface area contributed by atoms with Gasteiger partial charge in [-0.05, 0) is 32.4 Å². The standard InChI is InChI=1S/C13H21NO2S/c1-11-6-4-7-12(10-11)13(14-2)8-5-9-17(3,15)16/h4,6-7,10,13-14H,5,8-9H2,1-3H3. The first kappa shape index (κ1) is 14.2. The van der Waals surface area contributed by atoms with Gasteiger partial charge in [0.2, 0.25) is 0 Å². The molecular weight excluding hydrogens is 234 g/mol. The fourth-order valence-electron chi connectivity index (χ4n) is 1.91. The Morgan fingerprint density at radius 2 is 2.06 bits per heavy atom. The number of aryl methyl sites for hydroxylation is 1. The number of nitrogens with one attached hydrogen (secondary N) is 1. The van der Waals surface area contributed by atoms with Crippen molar-refractivity contribution < 1.29 is 8.42 Å². The second-order valence-corrected chi connectivity index (χ2v) is 6.79. The number of benzene rings is 1. The van der Waals surface area contributed by atoms with Crippen LogP contribution in [0.4, 0.5) is 0 Å². The van der Waals surface area contributed by atoms with Crippen molar-refractivity contribution in [3.8, 4) is 0 Å². The molecule has 0 bridgehead atoms. The Balaban J connectivity index is 2.60. The molecule has 0 spiro atoms. The minimum atomic E-state index is -2.85. The van der Waals surface area contributed by atoms with Gasteiger partial charge in [-0.3, -0.25) is 0 Å². The van der Waals surface area contributed by atoms with E-state index in [1.807, 2.05) is 13.1 Å². The molecule has 1 N–H and O–H groups in total. The molecule has 0 aliphatic heterocycles. The average Bonchev–Trinajstić information content (AvgIpc) is 2.23. The number of hydrogen-bond acceptors (Lipinski definition) is 3. The van der Waals surface area contributed by atoms with Gasteiger partial charge in [-0.1, -0.05) is 29.8 Å². The first-order chi connectivity index (χ1) is 7.92. The molecule has 0 aliphatic rings. The lowest BCUT2D eigenvalue weighted by Crippen LogP contribution is -2.17. The number of sulfone groups is 1. The molecule has 1 rings (SSSR count). The van der Waals surface area contributed by atoms with Crippen LogP contribution in [0.1, 0.15) is 30.0 Å². The Hall–Kier alpha value is -0.870. The highest BCUT2D eigenvalue weighted by molar-refractivity contribution is 7.90. The lowest BCUT2D eigenvalue weighted by molar-refractivity contribution is 0.536. The molecule has 1 aromatic rings. The Morgan fingerprint density at radius 3 is 2.59 bits per heavy atom. The summed E-state index contributed by atoms with van der Waals surface area (Å²) in [5.41, 5.74) is 2.45. The maximum Gasteiger partial charge on any atom is 0.147 e. The Morgan fingerprint density at radius 1 is 1.35 bits per heavy atom. The van der Waals surface area contributed by atoms with E-state index in [0.717, 1.165) is 6.42 Å². The molecule has 0 aliphatic carbocycles. The SMILES string of the molecule is CNC(CCCS(C)(=O)=O)c1cccc(C)c1. The van der Waals surface area contributed by atoms with E-state index in [4.69, 9.17) is 0 Å². The summed E-state index contributed by atoms with van der Waals surface area (Å²) in [7, 11) is -0.936. The van der Waals surface area contributed by atoms with E-state index in [2.05, 4.69) is 30.4 Å². The van der Waals surface area contributed by atoms with E-state index >= 15 is 0 Å². The summed E-state index contributed by atoms with van der Waals surface area (Å²) < 4.78 is 22.1. The van der Waals surface area contributed by atoms with Crippen LogP contribution in [0.2, 0.25) is 0 Å². The molecule has 0 saturated heterocycles. The zero-order chi connectivity index (χ0) is 12.9. The predicted molar refractivity (Wildman–Crippen MR) is 71.9 cm³/mol. The molecular formula is C13H21NO2S. The van der Waals surface area contributed by atoms with E-state index in [1.165, 1.54) is 17.4 Å². The lowest BCUT2D eigenvalue weighted by Gasteiger charge is -2.16. The van der Waals surface area contributed by atoms with Crippen LogP contribution in [0.25, 0.3) is 0 Å². The van der Waals surface area contributed by atoms with Gasteiger partial charge in [-0.2, -0.15) is 0 Å². The Labute approximate surface area is 104 Å². The van der Waals surface area contributed by atoms with E-state index in [-0.39, 0.29) is 11.8 Å². The molecule has 3 nitrogen and oxygen atoms in total. The van der Waals surface area contributed by atoms with Gasteiger partial charge in [0.15, 0.2) is 0 Å². The molecule has 0 aromatic heterocycles. The maximum absolute atomic E-state index is 11.1. The van der Waals surface area contributed by atoms with Crippen molar-refractivity contribution >= 4 is 9.84 Å². The van der Waals surface area contributed by atoms with Gasteiger partial charge in [-0.15, -0.1) is 0 Å². The molecule has 0 saturated carbocycles. The topological polar surface area (TPSA) is 46.2 Å². The molecule has 17 heavy (non-hydrogen) atoms. The maximum atomic E-state index is 11.1. The molecule has 0 amide bonds. The molecule has 0 fully saturated rings. The molecule has 96 valence electrons. The fourth-order valence-corrected chi connectivity index (χ4v) is 2.61. The van der Waals surface area contributed by atoms with Crippen LogP contribution in [-0.4, -0.2) is 27.5 Å². The van der Waals surface area contributed by atoms with Crippen LogP contribution in [-0.2, 0) is 9.84 Å². The van der Waals surface area contributed by atoms with Crippen LogP contribution in [0, 0.1) is 6.92 Å². The highest BCUT2D eigenvalue weighted by Crippen LogP contribution is 2.19. The molecule has 0 heterocycles. The Bertz CT molecular complexity index is 454. The molecule has 4 heteroatoms. The highest BCUT2D eigenvalue weighted by atomic mass is 32.2. The van der Waals surface area contributed by atoms with Crippen molar-refractivity contribution in [2.45, 2.75) is 25.8 Å². The van der Waals surface area contributed by atoms with Crippen molar-refractivity contribution in [2.24, 2.45) is 0 Å². The van der Waals surface area contributed by atoms with Crippen LogP contribution >= 0.6 is 0 Å². The third kappa shape index (κ3) is 5.33. The third-order valence-corrected chi connectivity index (χ3v) is 3.83. The summed E-state index contributed by atoms with van der Waals surface area (Å²) in [6, 6.07) is 8.55. The van der Waals surface area contributed by atoms with Gasteiger partial charge >= 0.3 is 0 Å². The summed E-state index contributed by atoms with van der Waals surface area (Å²) in [4.78, 5) is 0. The minimum Gasteiger partial charge on any atom is -0.313 e. The Kier molecular flexibility index (Phi) is 5.15. The first-order valence-electron chi connectivity index (χ1n) is 5.84. The zero-order valence-electron chi connectivity index (χ0n) is 10.7.